The highest BCUT2D eigenvalue weighted by Gasteiger charge is 1.88. The van der Waals surface area contributed by atoms with Gasteiger partial charge in [0.05, 0.1) is 28.2 Å². The van der Waals surface area contributed by atoms with Gasteiger partial charge in [0.1, 0.15) is 0 Å². The summed E-state index contributed by atoms with van der Waals surface area (Å²) in [5.74, 6) is 0. The summed E-state index contributed by atoms with van der Waals surface area (Å²) in [6.07, 6.45) is 0. The third kappa shape index (κ3) is 123000. The Hall–Kier alpha value is -0.0800. The summed E-state index contributed by atoms with van der Waals surface area (Å²) >= 11 is 0. The molecule has 0 rings (SSSR count). The monoisotopic (exact) mass is 181 g/mol. The van der Waals surface area contributed by atoms with Crippen LogP contribution in [0, 0.1) is 0 Å². The fourth-order valence-electron chi connectivity index (χ4n) is 0. The van der Waals surface area contributed by atoms with Crippen LogP contribution in [0.3, 0.4) is 0 Å². The summed E-state index contributed by atoms with van der Waals surface area (Å²) < 4.78 is 1.00. The fourth-order valence-corrected chi connectivity index (χ4v) is 0. The molecule has 0 atom stereocenters. The van der Waals surface area contributed by atoms with E-state index in [0.717, 1.165) is 4.48 Å². The molecule has 0 radical (unpaired) electrons. The molecule has 0 bridgehead atoms. The van der Waals surface area contributed by atoms with Crippen molar-refractivity contribution in [3.63, 3.8) is 0 Å². The fraction of sp³-hybridized carbons (Fsp3) is 1.00. The van der Waals surface area contributed by atoms with E-state index in [4.69, 9.17) is 0 Å². The molecule has 0 fully saturated rings. The molecule has 0 N–H and O–H groups in total. The smallest absolute Gasteiger partial charge is 0.0675 e. The average Bonchev–Trinajstić information content (AvgIpc) is 1.19. The van der Waals surface area contributed by atoms with Crippen molar-refractivity contribution in [1.29, 1.82) is 0 Å². The summed E-state index contributed by atoms with van der Waals surface area (Å²) in [5, 5.41) is 0. The zero-order chi connectivity index (χ0) is 8.08. The minimum Gasteiger partial charge on any atom is -0.333 e. The van der Waals surface area contributed by atoms with Crippen LogP contribution in [0.2, 0.25) is 0 Å². The highest BCUT2D eigenvalue weighted by Crippen LogP contribution is 1.73. The van der Waals surface area contributed by atoms with Crippen LogP contribution in [0.1, 0.15) is 22.3 Å². The van der Waals surface area contributed by atoms with Gasteiger partial charge in [-0.25, -0.2) is 0 Å². The first-order valence-corrected chi connectivity index (χ1v) is 3.13. The van der Waals surface area contributed by atoms with Crippen LogP contribution in [0.25, 0.3) is 0 Å². The average molecular weight is 181 g/mol. The van der Waals surface area contributed by atoms with E-state index in [2.05, 4.69) is 28.2 Å². The van der Waals surface area contributed by atoms with E-state index < -0.39 is 0 Å². The third-order valence-corrected chi connectivity index (χ3v) is 0. The van der Waals surface area contributed by atoms with Crippen LogP contribution in [-0.4, -0.2) is 58.7 Å². The number of hydrogen-bond acceptors (Lipinski definition) is 1. The summed E-state index contributed by atoms with van der Waals surface area (Å²) in [6, 6.07) is 0. The van der Waals surface area contributed by atoms with Crippen molar-refractivity contribution in [2.75, 3.05) is 49.3 Å². The molecule has 0 aliphatic carbocycles. The number of quaternary nitrogens is 1. The summed E-state index contributed by atoms with van der Waals surface area (Å²) in [5.41, 5.74) is 0. The minimum atomic E-state index is 0. The number of hydrogen-bond donors (Lipinski definition) is 0. The normalized spacial score (nSPS) is 8.00. The molecule has 82 valence electrons. The second-order valence-corrected chi connectivity index (χ2v) is 4.02. The van der Waals surface area contributed by atoms with Crippen molar-refractivity contribution in [1.82, 2.24) is 4.90 Å². The van der Waals surface area contributed by atoms with E-state index in [1.54, 1.807) is 0 Å². The molecule has 2 heteroatoms. The van der Waals surface area contributed by atoms with Gasteiger partial charge in [0.2, 0.25) is 0 Å². The Kier molecular flexibility index (Phi) is 33.4. The van der Waals surface area contributed by atoms with Crippen molar-refractivity contribution in [3.8, 4) is 0 Å². The van der Waals surface area contributed by atoms with E-state index >= 15 is 0 Å². The first kappa shape index (κ1) is 29.7. The zero-order valence-corrected chi connectivity index (χ0v) is 7.89. The Morgan fingerprint density at radius 2 is 0.667 bits per heavy atom. The van der Waals surface area contributed by atoms with Crippen LogP contribution >= 0.6 is 0 Å². The van der Waals surface area contributed by atoms with Gasteiger partial charge in [-0.3, -0.25) is 0 Å². The van der Waals surface area contributed by atoms with Crippen molar-refractivity contribution in [2.45, 2.75) is 22.3 Å². The van der Waals surface area contributed by atoms with Crippen LogP contribution in [0.4, 0.5) is 0 Å². The first-order chi connectivity index (χ1) is 3.73. The Morgan fingerprint density at radius 1 is 0.667 bits per heavy atom. The van der Waals surface area contributed by atoms with Gasteiger partial charge in [0.15, 0.2) is 0 Å². The van der Waals surface area contributed by atoms with E-state index in [-0.39, 0.29) is 22.3 Å². The van der Waals surface area contributed by atoms with Crippen LogP contribution < -0.4 is 0 Å². The van der Waals surface area contributed by atoms with Gasteiger partial charge in [0.25, 0.3) is 0 Å². The minimum absolute atomic E-state index is 0. The van der Waals surface area contributed by atoms with Gasteiger partial charge in [0, 0.05) is 0 Å². The molecule has 0 spiro atoms. The molecule has 0 saturated heterocycles. The maximum Gasteiger partial charge on any atom is 0.0675 e. The van der Waals surface area contributed by atoms with Gasteiger partial charge in [-0.05, 0) is 21.1 Å². The molecule has 0 amide bonds. The van der Waals surface area contributed by atoms with E-state index in [9.17, 15) is 0 Å². The highest BCUT2D eigenvalue weighted by molar-refractivity contribution is 4.09. The van der Waals surface area contributed by atoms with Crippen LogP contribution in [0.15, 0.2) is 0 Å². The molecular weight excluding hydrogens is 148 g/mol. The molecule has 0 aliphatic rings. The lowest BCUT2D eigenvalue weighted by Gasteiger charge is -2.14. The maximum absolute atomic E-state index is 2.12. The van der Waals surface area contributed by atoms with Gasteiger partial charge in [-0.15, -0.1) is 0 Å². The Morgan fingerprint density at radius 3 is 0.667 bits per heavy atom. The molecular formula is C10H33N2+. The topological polar surface area (TPSA) is 3.24 Å². The van der Waals surface area contributed by atoms with Gasteiger partial charge in [-0.1, -0.05) is 22.3 Å². The molecule has 0 aliphatic heterocycles. The molecule has 0 aromatic heterocycles. The Bertz CT molecular complexity index is 44.6. The first-order valence-electron chi connectivity index (χ1n) is 3.13. The summed E-state index contributed by atoms with van der Waals surface area (Å²) in [6.45, 7) is 0. The lowest BCUT2D eigenvalue weighted by Crippen LogP contribution is -2.27. The number of nitrogens with zero attached hydrogens (tertiary/aromatic N) is 2. The Balaban J connectivity index is -0.0000000221. The molecule has 2 nitrogen and oxygen atoms in total. The largest absolute Gasteiger partial charge is 0.333 e. The van der Waals surface area contributed by atoms with E-state index in [1.807, 2.05) is 26.0 Å². The van der Waals surface area contributed by atoms with E-state index in [1.165, 1.54) is 0 Å². The molecule has 0 aromatic rings. The summed E-state index contributed by atoms with van der Waals surface area (Å²) in [7, 11) is 14.5. The van der Waals surface area contributed by atoms with Gasteiger partial charge in [-0.2, -0.15) is 0 Å². The van der Waals surface area contributed by atoms with Crippen molar-refractivity contribution in [3.05, 3.63) is 0 Å². The predicted octanol–water partition coefficient (Wildman–Crippen LogP) is 2.41. The van der Waals surface area contributed by atoms with Crippen molar-refractivity contribution < 1.29 is 4.48 Å². The summed E-state index contributed by atoms with van der Waals surface area (Å²) in [4.78, 5) is 2.00. The van der Waals surface area contributed by atoms with E-state index in [0.29, 0.717) is 0 Å². The Labute approximate surface area is 81.8 Å². The standard InChI is InChI=1S/C4H12N.C3H9N.3CH4/c1-5(2,3)4;1-4(2)3;;;/h1-4H3;1-3H3;3*1H4/q+1;;;;. The van der Waals surface area contributed by atoms with Crippen molar-refractivity contribution in [2.24, 2.45) is 0 Å². The van der Waals surface area contributed by atoms with Crippen molar-refractivity contribution >= 4 is 0 Å². The van der Waals surface area contributed by atoms with Crippen LogP contribution in [0.5, 0.6) is 0 Å². The second-order valence-electron chi connectivity index (χ2n) is 4.02. The number of rotatable bonds is 0. The molecule has 0 aromatic carbocycles. The van der Waals surface area contributed by atoms with Gasteiger partial charge < -0.3 is 9.38 Å². The lowest BCUT2D eigenvalue weighted by molar-refractivity contribution is -0.849. The predicted molar refractivity (Wildman–Crippen MR) is 63.8 cm³/mol. The maximum atomic E-state index is 2.12. The molecule has 0 saturated carbocycles. The molecule has 0 heterocycles. The lowest BCUT2D eigenvalue weighted by atomic mass is 10.8. The van der Waals surface area contributed by atoms with Gasteiger partial charge >= 0.3 is 0 Å². The second kappa shape index (κ2) is 13.5. The SMILES string of the molecule is C.C.C.CN(C)C.C[N+](C)(C)C. The molecule has 12 heavy (non-hydrogen) atoms. The van der Waals surface area contributed by atoms with Crippen LogP contribution in [-0.2, 0) is 0 Å². The highest BCUT2D eigenvalue weighted by atomic mass is 15.2. The quantitative estimate of drug-likeness (QED) is 0.519. The zero-order valence-electron chi connectivity index (χ0n) is 7.89. The molecule has 0 unspecified atom stereocenters. The third-order valence-electron chi connectivity index (χ3n) is 0.